The van der Waals surface area contributed by atoms with Gasteiger partial charge in [-0.05, 0) is 48.9 Å². The van der Waals surface area contributed by atoms with E-state index in [0.29, 0.717) is 13.0 Å². The van der Waals surface area contributed by atoms with Crippen LogP contribution in [0, 0.1) is 0 Å². The highest BCUT2D eigenvalue weighted by Gasteiger charge is 2.05. The minimum absolute atomic E-state index is 0.0553. The Kier molecular flexibility index (Phi) is 6.03. The van der Waals surface area contributed by atoms with Crippen molar-refractivity contribution < 1.29 is 30.3 Å². The number of hydrogen-bond donors (Lipinski definition) is 6. The molecule has 0 amide bonds. The molecule has 0 aliphatic carbocycles. The highest BCUT2D eigenvalue weighted by molar-refractivity contribution is 5.88. The molecule has 0 unspecified atom stereocenters. The SMILES string of the molecule is NCCc1ccc(O)c(O)c1.O=C(O)c1ccc(O)c(O)c1. The van der Waals surface area contributed by atoms with Gasteiger partial charge in [0, 0.05) is 0 Å². The number of nitrogens with two attached hydrogens (primary N) is 1. The lowest BCUT2D eigenvalue weighted by Crippen LogP contribution is -2.02. The molecule has 2 aromatic rings. The van der Waals surface area contributed by atoms with Crippen molar-refractivity contribution in [1.29, 1.82) is 0 Å². The first-order valence-electron chi connectivity index (χ1n) is 6.31. The number of phenolic OH excluding ortho intramolecular Hbond substituents is 4. The van der Waals surface area contributed by atoms with Gasteiger partial charge in [0.05, 0.1) is 5.56 Å². The fourth-order valence-corrected chi connectivity index (χ4v) is 1.55. The maximum atomic E-state index is 10.3. The molecule has 0 aromatic heterocycles. The number of aromatic carboxylic acids is 1. The standard InChI is InChI=1S/C8H11NO2.C7H6O4/c9-4-3-6-1-2-7(10)8(11)5-6;8-5-2-1-4(7(10)11)3-6(5)9/h1-2,5,10-11H,3-4,9H2;1-3,8-9H,(H,10,11). The second kappa shape index (κ2) is 7.75. The van der Waals surface area contributed by atoms with E-state index in [1.807, 2.05) is 0 Å². The van der Waals surface area contributed by atoms with Crippen LogP contribution < -0.4 is 5.73 Å². The van der Waals surface area contributed by atoms with Gasteiger partial charge in [-0.15, -0.1) is 0 Å². The molecule has 0 radical (unpaired) electrons. The molecular formula is C15H17NO6. The van der Waals surface area contributed by atoms with Crippen molar-refractivity contribution in [2.24, 2.45) is 5.73 Å². The summed E-state index contributed by atoms with van der Waals surface area (Å²) in [5.41, 5.74) is 6.18. The average molecular weight is 307 g/mol. The lowest BCUT2D eigenvalue weighted by Gasteiger charge is -2.00. The summed E-state index contributed by atoms with van der Waals surface area (Å²) in [6, 6.07) is 8.03. The molecule has 7 nitrogen and oxygen atoms in total. The van der Waals surface area contributed by atoms with Crippen LogP contribution in [0.1, 0.15) is 15.9 Å². The normalized spacial score (nSPS) is 9.68. The van der Waals surface area contributed by atoms with E-state index in [1.165, 1.54) is 18.2 Å². The molecule has 0 spiro atoms. The fourth-order valence-electron chi connectivity index (χ4n) is 1.55. The van der Waals surface area contributed by atoms with Gasteiger partial charge in [-0.1, -0.05) is 6.07 Å². The van der Waals surface area contributed by atoms with Crippen LogP contribution in [0.25, 0.3) is 0 Å². The molecular weight excluding hydrogens is 290 g/mol. The Morgan fingerprint density at radius 3 is 1.86 bits per heavy atom. The molecule has 7 N–H and O–H groups in total. The topological polar surface area (TPSA) is 144 Å². The summed E-state index contributed by atoms with van der Waals surface area (Å²) >= 11 is 0. The molecule has 118 valence electrons. The van der Waals surface area contributed by atoms with Gasteiger partial charge in [0.2, 0.25) is 0 Å². The van der Waals surface area contributed by atoms with E-state index in [1.54, 1.807) is 6.07 Å². The zero-order valence-electron chi connectivity index (χ0n) is 11.6. The Bertz CT molecular complexity index is 656. The summed E-state index contributed by atoms with van der Waals surface area (Å²) < 4.78 is 0. The van der Waals surface area contributed by atoms with Gasteiger partial charge in [0.1, 0.15) is 0 Å². The highest BCUT2D eigenvalue weighted by atomic mass is 16.4. The molecule has 0 aliphatic heterocycles. The number of phenols is 4. The quantitative estimate of drug-likeness (QED) is 0.470. The van der Waals surface area contributed by atoms with Gasteiger partial charge in [0.25, 0.3) is 0 Å². The zero-order valence-corrected chi connectivity index (χ0v) is 11.6. The Balaban J connectivity index is 0.000000220. The second-order valence-electron chi connectivity index (χ2n) is 4.37. The average Bonchev–Trinajstić information content (AvgIpc) is 2.47. The van der Waals surface area contributed by atoms with Crippen LogP contribution in [0.5, 0.6) is 23.0 Å². The van der Waals surface area contributed by atoms with E-state index >= 15 is 0 Å². The Morgan fingerprint density at radius 1 is 0.864 bits per heavy atom. The van der Waals surface area contributed by atoms with E-state index in [4.69, 9.17) is 31.3 Å². The summed E-state index contributed by atoms with van der Waals surface area (Å²) in [7, 11) is 0. The van der Waals surface area contributed by atoms with Crippen LogP contribution >= 0.6 is 0 Å². The van der Waals surface area contributed by atoms with Crippen molar-refractivity contribution in [3.05, 3.63) is 47.5 Å². The number of carbonyl (C=O) groups is 1. The number of carboxylic acid groups (broad SMARTS) is 1. The van der Waals surface area contributed by atoms with E-state index in [2.05, 4.69) is 0 Å². The van der Waals surface area contributed by atoms with E-state index in [-0.39, 0.29) is 22.8 Å². The molecule has 22 heavy (non-hydrogen) atoms. The molecule has 0 saturated heterocycles. The number of carboxylic acids is 1. The van der Waals surface area contributed by atoms with Gasteiger partial charge >= 0.3 is 5.97 Å². The van der Waals surface area contributed by atoms with Crippen molar-refractivity contribution in [2.75, 3.05) is 6.54 Å². The fraction of sp³-hybridized carbons (Fsp3) is 0.133. The zero-order chi connectivity index (χ0) is 16.7. The van der Waals surface area contributed by atoms with Gasteiger partial charge in [-0.3, -0.25) is 0 Å². The van der Waals surface area contributed by atoms with Gasteiger partial charge < -0.3 is 31.3 Å². The van der Waals surface area contributed by atoms with Crippen molar-refractivity contribution >= 4 is 5.97 Å². The summed E-state index contributed by atoms with van der Waals surface area (Å²) in [5, 5.41) is 44.0. The summed E-state index contributed by atoms with van der Waals surface area (Å²) in [4.78, 5) is 10.3. The first-order valence-corrected chi connectivity index (χ1v) is 6.31. The van der Waals surface area contributed by atoms with Gasteiger partial charge in [-0.2, -0.15) is 0 Å². The first kappa shape index (κ1) is 17.1. The van der Waals surface area contributed by atoms with E-state index < -0.39 is 11.7 Å². The lowest BCUT2D eigenvalue weighted by atomic mass is 10.1. The maximum absolute atomic E-state index is 10.3. The predicted octanol–water partition coefficient (Wildman–Crippen LogP) is 1.39. The minimum Gasteiger partial charge on any atom is -0.504 e. The maximum Gasteiger partial charge on any atom is 0.335 e. The van der Waals surface area contributed by atoms with Crippen LogP contribution in [-0.4, -0.2) is 38.0 Å². The van der Waals surface area contributed by atoms with Gasteiger partial charge in [0.15, 0.2) is 23.0 Å². The summed E-state index contributed by atoms with van der Waals surface area (Å²) in [6.45, 7) is 0.546. The van der Waals surface area contributed by atoms with Crippen LogP contribution in [0.2, 0.25) is 0 Å². The number of hydrogen-bond acceptors (Lipinski definition) is 6. The molecule has 0 atom stereocenters. The van der Waals surface area contributed by atoms with Crippen LogP contribution in [-0.2, 0) is 6.42 Å². The molecule has 0 saturated carbocycles. The van der Waals surface area contributed by atoms with E-state index in [0.717, 1.165) is 17.7 Å². The van der Waals surface area contributed by atoms with E-state index in [9.17, 15) is 4.79 Å². The molecule has 0 fully saturated rings. The predicted molar refractivity (Wildman–Crippen MR) is 79.3 cm³/mol. The Morgan fingerprint density at radius 2 is 1.41 bits per heavy atom. The molecule has 0 aliphatic rings. The van der Waals surface area contributed by atoms with Crippen molar-refractivity contribution in [1.82, 2.24) is 0 Å². The number of rotatable bonds is 3. The van der Waals surface area contributed by atoms with Crippen molar-refractivity contribution in [3.63, 3.8) is 0 Å². The third-order valence-electron chi connectivity index (χ3n) is 2.70. The van der Waals surface area contributed by atoms with Crippen molar-refractivity contribution in [3.8, 4) is 23.0 Å². The Labute approximate surface area is 126 Å². The molecule has 2 aromatic carbocycles. The largest absolute Gasteiger partial charge is 0.504 e. The number of benzene rings is 2. The molecule has 0 heterocycles. The molecule has 2 rings (SSSR count). The van der Waals surface area contributed by atoms with Crippen LogP contribution in [0.3, 0.4) is 0 Å². The lowest BCUT2D eigenvalue weighted by molar-refractivity contribution is 0.0696. The third-order valence-corrected chi connectivity index (χ3v) is 2.70. The third kappa shape index (κ3) is 4.88. The molecule has 7 heteroatoms. The number of aromatic hydroxyl groups is 4. The Hall–Kier alpha value is -2.93. The van der Waals surface area contributed by atoms with Crippen LogP contribution in [0.15, 0.2) is 36.4 Å². The molecule has 0 bridgehead atoms. The van der Waals surface area contributed by atoms with Crippen molar-refractivity contribution in [2.45, 2.75) is 6.42 Å². The minimum atomic E-state index is -1.14. The monoisotopic (exact) mass is 307 g/mol. The first-order chi connectivity index (χ1) is 10.3. The highest BCUT2D eigenvalue weighted by Crippen LogP contribution is 2.25. The summed E-state index contributed by atoms with van der Waals surface area (Å²) in [5.74, 6) is -2.07. The van der Waals surface area contributed by atoms with Crippen LogP contribution in [0.4, 0.5) is 0 Å². The summed E-state index contributed by atoms with van der Waals surface area (Å²) in [6.07, 6.45) is 0.716. The van der Waals surface area contributed by atoms with Gasteiger partial charge in [-0.25, -0.2) is 4.79 Å². The second-order valence-corrected chi connectivity index (χ2v) is 4.37. The smallest absolute Gasteiger partial charge is 0.335 e.